The number of likely N-dealkylation sites (tertiary alicyclic amines) is 1. The zero-order chi connectivity index (χ0) is 13.7. The fourth-order valence-electron chi connectivity index (χ4n) is 2.11. The summed E-state index contributed by atoms with van der Waals surface area (Å²) in [6.07, 6.45) is -0.571. The van der Waals surface area contributed by atoms with Crippen LogP contribution in [0.5, 0.6) is 0 Å². The third kappa shape index (κ3) is 4.31. The number of carboxylic acids is 1. The summed E-state index contributed by atoms with van der Waals surface area (Å²) < 4.78 is 5.43. The number of carboxylic acid groups (broad SMARTS) is 1. The Kier molecular flexibility index (Phi) is 4.90. The lowest BCUT2D eigenvalue weighted by Gasteiger charge is -2.37. The van der Waals surface area contributed by atoms with Gasteiger partial charge < -0.3 is 14.9 Å². The average Bonchev–Trinajstić information content (AvgIpc) is 2.34. The van der Waals surface area contributed by atoms with Crippen molar-refractivity contribution in [2.45, 2.75) is 12.7 Å². The maximum absolute atomic E-state index is 10.6. The number of β-amino-alcohol motifs (C(OH)–C–C–N with tert-alkyl or cyclic N) is 1. The van der Waals surface area contributed by atoms with Crippen LogP contribution in [0.4, 0.5) is 0 Å². The summed E-state index contributed by atoms with van der Waals surface area (Å²) >= 11 is 0. The maximum Gasteiger partial charge on any atom is 0.309 e. The highest BCUT2D eigenvalue weighted by atomic mass is 16.5. The van der Waals surface area contributed by atoms with Gasteiger partial charge >= 0.3 is 5.97 Å². The first kappa shape index (κ1) is 14.0. The Morgan fingerprint density at radius 1 is 1.37 bits per heavy atom. The van der Waals surface area contributed by atoms with Crippen LogP contribution in [0.25, 0.3) is 0 Å². The summed E-state index contributed by atoms with van der Waals surface area (Å²) in [6, 6.07) is 9.78. The van der Waals surface area contributed by atoms with Crippen molar-refractivity contribution in [3.05, 3.63) is 35.9 Å². The van der Waals surface area contributed by atoms with Crippen molar-refractivity contribution >= 4 is 5.97 Å². The lowest BCUT2D eigenvalue weighted by atomic mass is 10.0. The molecule has 19 heavy (non-hydrogen) atoms. The van der Waals surface area contributed by atoms with Gasteiger partial charge in [-0.05, 0) is 5.56 Å². The first-order valence-electron chi connectivity index (χ1n) is 6.40. The number of aliphatic hydroxyl groups excluding tert-OH is 1. The van der Waals surface area contributed by atoms with E-state index in [2.05, 4.69) is 0 Å². The van der Waals surface area contributed by atoms with E-state index in [4.69, 9.17) is 9.84 Å². The second kappa shape index (κ2) is 6.65. The molecule has 0 radical (unpaired) electrons. The number of carbonyl (C=O) groups is 1. The maximum atomic E-state index is 10.6. The van der Waals surface area contributed by atoms with Crippen LogP contribution in [-0.4, -0.2) is 53.4 Å². The number of aliphatic hydroxyl groups is 1. The largest absolute Gasteiger partial charge is 0.481 e. The topological polar surface area (TPSA) is 70.0 Å². The molecule has 1 fully saturated rings. The predicted molar refractivity (Wildman–Crippen MR) is 69.7 cm³/mol. The number of aliphatic carboxylic acids is 1. The Labute approximate surface area is 112 Å². The van der Waals surface area contributed by atoms with Gasteiger partial charge in [-0.25, -0.2) is 0 Å². The van der Waals surface area contributed by atoms with Crippen molar-refractivity contribution in [1.29, 1.82) is 0 Å². The van der Waals surface area contributed by atoms with Crippen LogP contribution in [0, 0.1) is 5.92 Å². The molecule has 1 atom stereocenters. The molecule has 1 aromatic rings. The molecule has 1 aromatic carbocycles. The lowest BCUT2D eigenvalue weighted by molar-refractivity contribution is -0.148. The summed E-state index contributed by atoms with van der Waals surface area (Å²) in [6.45, 7) is 2.26. The molecule has 0 bridgehead atoms. The van der Waals surface area contributed by atoms with E-state index in [-0.39, 0.29) is 12.5 Å². The molecule has 1 saturated heterocycles. The summed E-state index contributed by atoms with van der Waals surface area (Å²) in [4.78, 5) is 12.6. The molecule has 0 saturated carbocycles. The van der Waals surface area contributed by atoms with Gasteiger partial charge in [0.25, 0.3) is 0 Å². The average molecular weight is 265 g/mol. The molecule has 0 amide bonds. The van der Waals surface area contributed by atoms with E-state index in [1.54, 1.807) is 0 Å². The highest BCUT2D eigenvalue weighted by Gasteiger charge is 2.33. The molecular formula is C14H19NO4. The minimum Gasteiger partial charge on any atom is -0.481 e. The Morgan fingerprint density at radius 3 is 2.68 bits per heavy atom. The Hall–Kier alpha value is -1.43. The fraction of sp³-hybridized carbons (Fsp3) is 0.500. The molecule has 0 spiro atoms. The van der Waals surface area contributed by atoms with Gasteiger partial charge in [-0.2, -0.15) is 0 Å². The Bertz CT molecular complexity index is 403. The summed E-state index contributed by atoms with van der Waals surface area (Å²) in [5.74, 6) is -1.04. The molecule has 104 valence electrons. The normalized spacial score (nSPS) is 17.9. The molecule has 2 N–H and O–H groups in total. The van der Waals surface area contributed by atoms with Crippen LogP contribution in [0.1, 0.15) is 5.56 Å². The van der Waals surface area contributed by atoms with E-state index in [0.29, 0.717) is 26.2 Å². The summed E-state index contributed by atoms with van der Waals surface area (Å²) in [7, 11) is 0. The van der Waals surface area contributed by atoms with Gasteiger partial charge in [-0.3, -0.25) is 9.69 Å². The second-order valence-corrected chi connectivity index (χ2v) is 4.91. The van der Waals surface area contributed by atoms with Crippen LogP contribution in [0.15, 0.2) is 30.3 Å². The minimum absolute atomic E-state index is 0.267. The van der Waals surface area contributed by atoms with Gasteiger partial charge in [0, 0.05) is 19.6 Å². The van der Waals surface area contributed by atoms with Gasteiger partial charge in [-0.1, -0.05) is 30.3 Å². The van der Waals surface area contributed by atoms with E-state index >= 15 is 0 Å². The van der Waals surface area contributed by atoms with E-state index in [1.165, 1.54) is 0 Å². The SMILES string of the molecule is O=C(O)C1CN(CC(O)COCc2ccccc2)C1. The molecule has 5 nitrogen and oxygen atoms in total. The molecule has 1 aliphatic heterocycles. The third-order valence-electron chi connectivity index (χ3n) is 3.20. The quantitative estimate of drug-likeness (QED) is 0.754. The fourth-order valence-corrected chi connectivity index (χ4v) is 2.11. The smallest absolute Gasteiger partial charge is 0.309 e. The van der Waals surface area contributed by atoms with Gasteiger partial charge in [0.1, 0.15) is 0 Å². The highest BCUT2D eigenvalue weighted by molar-refractivity contribution is 5.71. The van der Waals surface area contributed by atoms with Crippen LogP contribution in [0.2, 0.25) is 0 Å². The number of rotatable bonds is 7. The zero-order valence-electron chi connectivity index (χ0n) is 10.7. The number of hydrogen-bond acceptors (Lipinski definition) is 4. The molecule has 1 heterocycles. The van der Waals surface area contributed by atoms with Gasteiger partial charge in [0.2, 0.25) is 0 Å². The monoisotopic (exact) mass is 265 g/mol. The molecule has 5 heteroatoms. The molecule has 0 aliphatic carbocycles. The first-order valence-corrected chi connectivity index (χ1v) is 6.40. The van der Waals surface area contributed by atoms with E-state index < -0.39 is 12.1 Å². The van der Waals surface area contributed by atoms with Crippen LogP contribution >= 0.6 is 0 Å². The molecule has 1 aliphatic rings. The van der Waals surface area contributed by atoms with Crippen LogP contribution < -0.4 is 0 Å². The Balaban J connectivity index is 1.58. The lowest BCUT2D eigenvalue weighted by Crippen LogP contribution is -2.53. The number of ether oxygens (including phenoxy) is 1. The van der Waals surface area contributed by atoms with Crippen LogP contribution in [-0.2, 0) is 16.1 Å². The molecule has 2 rings (SSSR count). The first-order chi connectivity index (χ1) is 9.15. The molecule has 1 unspecified atom stereocenters. The van der Waals surface area contributed by atoms with E-state index in [0.717, 1.165) is 5.56 Å². The third-order valence-corrected chi connectivity index (χ3v) is 3.20. The minimum atomic E-state index is -0.758. The number of hydrogen-bond donors (Lipinski definition) is 2. The van der Waals surface area contributed by atoms with Crippen molar-refractivity contribution in [2.24, 2.45) is 5.92 Å². The van der Waals surface area contributed by atoms with E-state index in [1.807, 2.05) is 35.2 Å². The van der Waals surface area contributed by atoms with Gasteiger partial charge in [-0.15, -0.1) is 0 Å². The predicted octanol–water partition coefficient (Wildman–Crippen LogP) is 0.580. The summed E-state index contributed by atoms with van der Waals surface area (Å²) in [5, 5.41) is 18.5. The molecule has 0 aromatic heterocycles. The zero-order valence-corrected chi connectivity index (χ0v) is 10.7. The molecular weight excluding hydrogens is 246 g/mol. The number of benzene rings is 1. The second-order valence-electron chi connectivity index (χ2n) is 4.91. The van der Waals surface area contributed by atoms with Crippen molar-refractivity contribution in [3.8, 4) is 0 Å². The standard InChI is InChI=1S/C14H19NO4/c16-13(8-15-6-12(7-15)14(17)18)10-19-9-11-4-2-1-3-5-11/h1-5,12-13,16H,6-10H2,(H,17,18). The van der Waals surface area contributed by atoms with E-state index in [9.17, 15) is 9.90 Å². The van der Waals surface area contributed by atoms with Crippen molar-refractivity contribution in [1.82, 2.24) is 4.90 Å². The van der Waals surface area contributed by atoms with Crippen molar-refractivity contribution in [2.75, 3.05) is 26.2 Å². The summed E-state index contributed by atoms with van der Waals surface area (Å²) in [5.41, 5.74) is 1.07. The van der Waals surface area contributed by atoms with Crippen molar-refractivity contribution in [3.63, 3.8) is 0 Å². The number of nitrogens with zero attached hydrogens (tertiary/aromatic N) is 1. The highest BCUT2D eigenvalue weighted by Crippen LogP contribution is 2.15. The van der Waals surface area contributed by atoms with Crippen LogP contribution in [0.3, 0.4) is 0 Å². The Morgan fingerprint density at radius 2 is 2.05 bits per heavy atom. The van der Waals surface area contributed by atoms with Crippen molar-refractivity contribution < 1.29 is 19.7 Å². The van der Waals surface area contributed by atoms with Gasteiger partial charge in [0.15, 0.2) is 0 Å². The van der Waals surface area contributed by atoms with Gasteiger partial charge in [0.05, 0.1) is 25.2 Å².